The van der Waals surface area contributed by atoms with Crippen molar-refractivity contribution < 1.29 is 23.7 Å². The van der Waals surface area contributed by atoms with E-state index in [1.54, 1.807) is 0 Å². The molecule has 4 rings (SSSR count). The van der Waals surface area contributed by atoms with E-state index in [2.05, 4.69) is 34.7 Å². The van der Waals surface area contributed by atoms with E-state index in [4.69, 9.17) is 23.7 Å². The van der Waals surface area contributed by atoms with Gasteiger partial charge in [0.1, 0.15) is 18.8 Å². The van der Waals surface area contributed by atoms with Crippen LogP contribution in [0.1, 0.15) is 25.0 Å². The molecule has 0 bridgehead atoms. The van der Waals surface area contributed by atoms with Gasteiger partial charge in [0, 0.05) is 0 Å². The molecule has 5 nitrogen and oxygen atoms in total. The molecule has 0 aromatic heterocycles. The minimum absolute atomic E-state index is 0.0878. The lowest BCUT2D eigenvalue weighted by molar-refractivity contribution is -0.334. The van der Waals surface area contributed by atoms with Crippen molar-refractivity contribution in [3.63, 3.8) is 0 Å². The summed E-state index contributed by atoms with van der Waals surface area (Å²) in [6.45, 7) is 5.83. The second kappa shape index (κ2) is 5.93. The minimum atomic E-state index is -0.887. The molecule has 23 heavy (non-hydrogen) atoms. The van der Waals surface area contributed by atoms with Crippen molar-refractivity contribution in [2.24, 2.45) is 0 Å². The van der Waals surface area contributed by atoms with Crippen molar-refractivity contribution in [2.75, 3.05) is 13.2 Å². The van der Waals surface area contributed by atoms with Gasteiger partial charge in [-0.05, 0) is 25.0 Å². The molecule has 0 radical (unpaired) electrons. The van der Waals surface area contributed by atoms with Crippen molar-refractivity contribution in [3.05, 3.63) is 35.4 Å². The highest BCUT2D eigenvalue weighted by Crippen LogP contribution is 2.43. The van der Waals surface area contributed by atoms with Gasteiger partial charge < -0.3 is 23.7 Å². The van der Waals surface area contributed by atoms with Crippen LogP contribution in [0.4, 0.5) is 0 Å². The Morgan fingerprint density at radius 2 is 1.74 bits per heavy atom. The summed E-state index contributed by atoms with van der Waals surface area (Å²) >= 11 is 2.37. The topological polar surface area (TPSA) is 46.2 Å². The van der Waals surface area contributed by atoms with E-state index in [-0.39, 0.29) is 16.1 Å². The van der Waals surface area contributed by atoms with Crippen LogP contribution in [0.3, 0.4) is 0 Å². The quantitative estimate of drug-likeness (QED) is 0.466. The first kappa shape index (κ1) is 16.2. The summed E-state index contributed by atoms with van der Waals surface area (Å²) in [4.78, 5) is 0. The molecule has 1 spiro atoms. The maximum atomic E-state index is 6.26. The smallest absolute Gasteiger partial charge is 0.224 e. The van der Waals surface area contributed by atoms with Crippen LogP contribution >= 0.6 is 22.6 Å². The van der Waals surface area contributed by atoms with Crippen molar-refractivity contribution in [1.82, 2.24) is 0 Å². The molecule has 2 saturated heterocycles. The Morgan fingerprint density at radius 1 is 1.04 bits per heavy atom. The second-order valence-electron chi connectivity index (χ2n) is 6.71. The number of ether oxygens (including phenoxy) is 5. The molecule has 0 aliphatic carbocycles. The first-order valence-electron chi connectivity index (χ1n) is 7.91. The van der Waals surface area contributed by atoms with Crippen LogP contribution in [0.15, 0.2) is 24.3 Å². The van der Waals surface area contributed by atoms with Crippen LogP contribution in [-0.2, 0) is 36.9 Å². The van der Waals surface area contributed by atoms with E-state index in [9.17, 15) is 0 Å². The van der Waals surface area contributed by atoms with Crippen molar-refractivity contribution in [1.29, 1.82) is 0 Å². The van der Waals surface area contributed by atoms with Gasteiger partial charge in [0.05, 0.1) is 23.7 Å². The van der Waals surface area contributed by atoms with Crippen LogP contribution in [0.25, 0.3) is 0 Å². The Bertz CT molecular complexity index is 592. The molecule has 3 heterocycles. The SMILES string of the molecule is CC1(C)OC[C@]2(OC[C@H](I)[C@H]3OCc4ccccc4CO[C@@H]32)O1. The van der Waals surface area contributed by atoms with Crippen LogP contribution < -0.4 is 0 Å². The molecular formula is C17H21IO5. The fourth-order valence-corrected chi connectivity index (χ4v) is 4.18. The molecule has 1 aromatic rings. The zero-order chi connectivity index (χ0) is 16.1. The minimum Gasteiger partial charge on any atom is -0.369 e. The first-order chi connectivity index (χ1) is 11.0. The predicted molar refractivity (Wildman–Crippen MR) is 91.2 cm³/mol. The average molecular weight is 432 g/mol. The largest absolute Gasteiger partial charge is 0.369 e. The summed E-state index contributed by atoms with van der Waals surface area (Å²) in [6, 6.07) is 8.22. The number of rotatable bonds is 0. The van der Waals surface area contributed by atoms with E-state index in [1.165, 1.54) is 5.56 Å². The number of hydrogen-bond donors (Lipinski definition) is 0. The van der Waals surface area contributed by atoms with E-state index in [0.29, 0.717) is 26.4 Å². The highest BCUT2D eigenvalue weighted by molar-refractivity contribution is 14.1. The number of halogens is 1. The average Bonchev–Trinajstić information content (AvgIpc) is 2.81. The summed E-state index contributed by atoms with van der Waals surface area (Å²) in [5.74, 6) is -1.56. The zero-order valence-corrected chi connectivity index (χ0v) is 15.4. The fraction of sp³-hybridized carbons (Fsp3) is 0.647. The maximum Gasteiger partial charge on any atom is 0.224 e. The van der Waals surface area contributed by atoms with E-state index >= 15 is 0 Å². The molecule has 3 aliphatic heterocycles. The number of fused-ring (bicyclic) bond motifs is 3. The van der Waals surface area contributed by atoms with Gasteiger partial charge >= 0.3 is 0 Å². The molecule has 126 valence electrons. The van der Waals surface area contributed by atoms with Crippen molar-refractivity contribution in [3.8, 4) is 0 Å². The third kappa shape index (κ3) is 2.94. The lowest BCUT2D eigenvalue weighted by atomic mass is 9.97. The van der Waals surface area contributed by atoms with Crippen LogP contribution in [0.2, 0.25) is 0 Å². The van der Waals surface area contributed by atoms with E-state index < -0.39 is 11.6 Å². The Morgan fingerprint density at radius 3 is 2.39 bits per heavy atom. The van der Waals surface area contributed by atoms with Gasteiger partial charge in [-0.3, -0.25) is 0 Å². The van der Waals surface area contributed by atoms with Crippen LogP contribution in [-0.4, -0.2) is 40.9 Å². The number of hydrogen-bond acceptors (Lipinski definition) is 5. The van der Waals surface area contributed by atoms with E-state index in [0.717, 1.165) is 5.56 Å². The number of benzene rings is 1. The lowest BCUT2D eigenvalue weighted by Crippen LogP contribution is -2.63. The Labute approximate surface area is 149 Å². The summed E-state index contributed by atoms with van der Waals surface area (Å²) in [5.41, 5.74) is 2.33. The predicted octanol–water partition coefficient (Wildman–Crippen LogP) is 2.78. The van der Waals surface area contributed by atoms with Gasteiger partial charge in [-0.1, -0.05) is 46.9 Å². The highest BCUT2D eigenvalue weighted by atomic mass is 127. The first-order valence-corrected chi connectivity index (χ1v) is 9.16. The van der Waals surface area contributed by atoms with Crippen molar-refractivity contribution in [2.45, 2.75) is 54.8 Å². The van der Waals surface area contributed by atoms with Gasteiger partial charge in [-0.25, -0.2) is 0 Å². The highest BCUT2D eigenvalue weighted by Gasteiger charge is 2.59. The molecule has 1 aromatic carbocycles. The molecule has 0 amide bonds. The standard InChI is InChI=1S/C17H21IO5/c1-16(2)22-10-17(23-16)15-14(13(18)9-21-17)19-7-11-5-3-4-6-12(11)8-20-15/h3-6,13-15H,7-10H2,1-2H3/t13-,14+,15-,17-/m0/s1. The molecule has 0 N–H and O–H groups in total. The van der Waals surface area contributed by atoms with Gasteiger partial charge in [0.15, 0.2) is 5.79 Å². The van der Waals surface area contributed by atoms with Crippen LogP contribution in [0, 0.1) is 0 Å². The summed E-state index contributed by atoms with van der Waals surface area (Å²) in [7, 11) is 0. The lowest BCUT2D eigenvalue weighted by Gasteiger charge is -2.46. The molecule has 0 saturated carbocycles. The van der Waals surface area contributed by atoms with Gasteiger partial charge in [-0.2, -0.15) is 0 Å². The van der Waals surface area contributed by atoms with Gasteiger partial charge in [0.2, 0.25) is 5.79 Å². The van der Waals surface area contributed by atoms with Gasteiger partial charge in [-0.15, -0.1) is 0 Å². The molecule has 3 aliphatic rings. The van der Waals surface area contributed by atoms with E-state index in [1.807, 2.05) is 26.0 Å². The summed E-state index contributed by atoms with van der Waals surface area (Å²) < 4.78 is 30.7. The molecular weight excluding hydrogens is 411 g/mol. The maximum absolute atomic E-state index is 6.26. The summed E-state index contributed by atoms with van der Waals surface area (Å²) in [5, 5.41) is 0. The van der Waals surface area contributed by atoms with Crippen LogP contribution in [0.5, 0.6) is 0 Å². The molecule has 0 unspecified atom stereocenters. The fourth-order valence-electron chi connectivity index (χ4n) is 3.42. The normalized spacial score (nSPS) is 39.3. The Hall–Kier alpha value is -0.250. The van der Waals surface area contributed by atoms with Gasteiger partial charge in [0.25, 0.3) is 0 Å². The molecule has 2 fully saturated rings. The third-order valence-corrected chi connectivity index (χ3v) is 5.65. The summed E-state index contributed by atoms with van der Waals surface area (Å²) in [6.07, 6.45) is -0.400. The Balaban J connectivity index is 1.65. The zero-order valence-electron chi connectivity index (χ0n) is 13.3. The van der Waals surface area contributed by atoms with Crippen molar-refractivity contribution >= 4 is 22.6 Å². The monoisotopic (exact) mass is 432 g/mol. The number of alkyl halides is 1. The second-order valence-corrected chi connectivity index (χ2v) is 8.31. The molecule has 6 heteroatoms. The molecule has 4 atom stereocenters. The third-order valence-electron chi connectivity index (χ3n) is 4.58. The Kier molecular flexibility index (Phi) is 4.18.